The van der Waals surface area contributed by atoms with E-state index in [0.717, 1.165) is 10.1 Å². The van der Waals surface area contributed by atoms with E-state index >= 15 is 0 Å². The van der Waals surface area contributed by atoms with E-state index in [1.807, 2.05) is 18.2 Å². The molecule has 0 radical (unpaired) electrons. The number of halogens is 2. The second kappa shape index (κ2) is 6.90. The summed E-state index contributed by atoms with van der Waals surface area (Å²) in [4.78, 5) is 14.8. The molecule has 0 saturated heterocycles. The van der Waals surface area contributed by atoms with Crippen molar-refractivity contribution in [2.24, 2.45) is 0 Å². The van der Waals surface area contributed by atoms with Crippen LogP contribution in [0.4, 0.5) is 8.78 Å². The van der Waals surface area contributed by atoms with Crippen LogP contribution >= 0.6 is 0 Å². The summed E-state index contributed by atoms with van der Waals surface area (Å²) in [5.74, 6) is -1.48. The number of hydrogen-bond acceptors (Lipinski definition) is 5. The number of aromatic nitrogens is 3. The molecule has 4 aromatic rings. The van der Waals surface area contributed by atoms with Gasteiger partial charge < -0.3 is 14.3 Å². The molecule has 0 fully saturated rings. The van der Waals surface area contributed by atoms with Gasteiger partial charge in [0, 0.05) is 22.5 Å². The molecule has 126 valence electrons. The first kappa shape index (κ1) is 18.1. The smallest absolute Gasteiger partial charge is 0.543 e. The summed E-state index contributed by atoms with van der Waals surface area (Å²) >= 11 is 0. The quantitative estimate of drug-likeness (QED) is 0.463. The van der Waals surface area contributed by atoms with Crippen molar-refractivity contribution in [1.29, 1.82) is 0 Å². The Morgan fingerprint density at radius 1 is 1.27 bits per heavy atom. The maximum atomic E-state index is 12.9. The Labute approximate surface area is 157 Å². The number of rotatable bonds is 4. The minimum atomic E-state index is -2.64. The van der Waals surface area contributed by atoms with Crippen molar-refractivity contribution >= 4 is 27.8 Å². The average molecular weight is 349 g/mol. The van der Waals surface area contributed by atoms with Crippen LogP contribution in [0.25, 0.3) is 33.1 Å². The Balaban J connectivity index is 0.00000196. The standard InChI is InChI=1S/C17H11F2N3O3.Li/c18-15(19)7-22-13-5-12(17(23)24)20-6-10(13)16(21-22)11-8-25-14-4-2-1-3-9(11)14;/h1-6,8,15H,7H2,(H,23,24);/q;+1/p-1. The summed E-state index contributed by atoms with van der Waals surface area (Å²) in [7, 11) is 0. The van der Waals surface area contributed by atoms with E-state index in [0.29, 0.717) is 22.2 Å². The first-order chi connectivity index (χ1) is 12.0. The molecule has 0 aliphatic heterocycles. The van der Waals surface area contributed by atoms with Crippen LogP contribution < -0.4 is 24.0 Å². The number of hydrogen-bond donors (Lipinski definition) is 0. The van der Waals surface area contributed by atoms with Crippen molar-refractivity contribution in [2.75, 3.05) is 0 Å². The van der Waals surface area contributed by atoms with Gasteiger partial charge in [0.1, 0.15) is 24.1 Å². The van der Waals surface area contributed by atoms with Crippen LogP contribution in [-0.4, -0.2) is 27.2 Å². The molecule has 9 heteroatoms. The number of nitrogens with zero attached hydrogens (tertiary/aromatic N) is 3. The van der Waals surface area contributed by atoms with Crippen molar-refractivity contribution in [3.8, 4) is 11.3 Å². The average Bonchev–Trinajstić information content (AvgIpc) is 3.15. The van der Waals surface area contributed by atoms with E-state index in [2.05, 4.69) is 10.1 Å². The van der Waals surface area contributed by atoms with Crippen LogP contribution in [-0.2, 0) is 6.54 Å². The predicted octanol–water partition coefficient (Wildman–Crippen LogP) is -0.523. The van der Waals surface area contributed by atoms with E-state index in [1.165, 1.54) is 18.5 Å². The zero-order chi connectivity index (χ0) is 17.6. The Kier molecular flexibility index (Phi) is 4.81. The fourth-order valence-electron chi connectivity index (χ4n) is 2.81. The zero-order valence-electron chi connectivity index (χ0n) is 13.6. The Morgan fingerprint density at radius 2 is 2.04 bits per heavy atom. The van der Waals surface area contributed by atoms with Crippen LogP contribution in [0.15, 0.2) is 47.2 Å². The summed E-state index contributed by atoms with van der Waals surface area (Å²) in [6.45, 7) is -0.664. The Morgan fingerprint density at radius 3 is 2.77 bits per heavy atom. The Hall–Kier alpha value is -2.69. The molecule has 1 aromatic carbocycles. The molecule has 26 heavy (non-hydrogen) atoms. The first-order valence-corrected chi connectivity index (χ1v) is 7.37. The molecule has 3 heterocycles. The summed E-state index contributed by atoms with van der Waals surface area (Å²) in [5, 5.41) is 16.5. The molecule has 4 rings (SSSR count). The van der Waals surface area contributed by atoms with Crippen LogP contribution in [0.1, 0.15) is 10.5 Å². The second-order valence-electron chi connectivity index (χ2n) is 5.44. The van der Waals surface area contributed by atoms with Gasteiger partial charge in [-0.1, -0.05) is 18.2 Å². The SMILES string of the molecule is O=C([O-])c1cc2c(cn1)c(-c1coc3ccccc13)nn2CC(F)F.[Li+]. The van der Waals surface area contributed by atoms with Crippen molar-refractivity contribution in [3.05, 3.63) is 48.5 Å². The third kappa shape index (κ3) is 2.98. The molecule has 0 unspecified atom stereocenters. The van der Waals surface area contributed by atoms with Gasteiger partial charge in [-0.3, -0.25) is 9.67 Å². The van der Waals surface area contributed by atoms with Crippen LogP contribution in [0.5, 0.6) is 0 Å². The summed E-state index contributed by atoms with van der Waals surface area (Å²) in [6, 6.07) is 8.44. The van der Waals surface area contributed by atoms with Crippen LogP contribution in [0, 0.1) is 0 Å². The fraction of sp³-hybridized carbons (Fsp3) is 0.118. The molecule has 0 aliphatic carbocycles. The van der Waals surface area contributed by atoms with Gasteiger partial charge >= 0.3 is 18.9 Å². The zero-order valence-corrected chi connectivity index (χ0v) is 13.6. The largest absolute Gasteiger partial charge is 1.00 e. The van der Waals surface area contributed by atoms with Gasteiger partial charge in [0.25, 0.3) is 6.43 Å². The van der Waals surface area contributed by atoms with Crippen LogP contribution in [0.3, 0.4) is 0 Å². The molecular formula is C17H10F2LiN3O3. The summed E-state index contributed by atoms with van der Waals surface area (Å²) < 4.78 is 32.3. The third-order valence-corrected chi connectivity index (χ3v) is 3.89. The number of aromatic carboxylic acids is 1. The van der Waals surface area contributed by atoms with Gasteiger partial charge in [-0.05, 0) is 12.1 Å². The third-order valence-electron chi connectivity index (χ3n) is 3.89. The number of carbonyl (C=O) groups excluding carboxylic acids is 1. The number of benzene rings is 1. The minimum absolute atomic E-state index is 0. The molecule has 0 saturated carbocycles. The summed E-state index contributed by atoms with van der Waals surface area (Å²) in [6.07, 6.45) is 0.148. The molecule has 3 aromatic heterocycles. The van der Waals surface area contributed by atoms with Gasteiger partial charge in [0.05, 0.1) is 17.2 Å². The van der Waals surface area contributed by atoms with Gasteiger partial charge in [-0.2, -0.15) is 5.10 Å². The van der Waals surface area contributed by atoms with Gasteiger partial charge in [0.15, 0.2) is 0 Å². The number of para-hydroxylation sites is 1. The number of fused-ring (bicyclic) bond motifs is 2. The normalized spacial score (nSPS) is 11.2. The number of carboxylic acids is 1. The number of furan rings is 1. The molecular weight excluding hydrogens is 339 g/mol. The molecule has 6 nitrogen and oxygen atoms in total. The van der Waals surface area contributed by atoms with E-state index in [-0.39, 0.29) is 30.1 Å². The van der Waals surface area contributed by atoms with E-state index < -0.39 is 18.9 Å². The molecule has 0 spiro atoms. The first-order valence-electron chi connectivity index (χ1n) is 7.37. The van der Waals surface area contributed by atoms with Crippen molar-refractivity contribution in [1.82, 2.24) is 14.8 Å². The molecule has 0 atom stereocenters. The number of pyridine rings is 1. The maximum absolute atomic E-state index is 12.9. The van der Waals surface area contributed by atoms with E-state index in [1.54, 1.807) is 6.07 Å². The molecule has 0 N–H and O–H groups in total. The van der Waals surface area contributed by atoms with Gasteiger partial charge in [0.2, 0.25) is 0 Å². The topological polar surface area (TPSA) is 84.0 Å². The molecule has 0 bridgehead atoms. The fourth-order valence-corrected chi connectivity index (χ4v) is 2.81. The minimum Gasteiger partial charge on any atom is -0.543 e. The van der Waals surface area contributed by atoms with Crippen LogP contribution in [0.2, 0.25) is 0 Å². The van der Waals surface area contributed by atoms with E-state index in [4.69, 9.17) is 4.42 Å². The monoisotopic (exact) mass is 349 g/mol. The number of carboxylic acid groups (broad SMARTS) is 1. The van der Waals surface area contributed by atoms with Crippen molar-refractivity contribution in [3.63, 3.8) is 0 Å². The van der Waals surface area contributed by atoms with E-state index in [9.17, 15) is 18.7 Å². The summed E-state index contributed by atoms with van der Waals surface area (Å²) in [5.41, 5.74) is 1.56. The Bertz CT molecular complexity index is 1110. The second-order valence-corrected chi connectivity index (χ2v) is 5.44. The number of alkyl halides is 2. The maximum Gasteiger partial charge on any atom is 1.00 e. The molecule has 0 amide bonds. The predicted molar refractivity (Wildman–Crippen MR) is 83.1 cm³/mol. The van der Waals surface area contributed by atoms with Gasteiger partial charge in [-0.15, -0.1) is 0 Å². The van der Waals surface area contributed by atoms with Crippen molar-refractivity contribution < 1.29 is 42.0 Å². The molecule has 0 aliphatic rings. The van der Waals surface area contributed by atoms with Gasteiger partial charge in [-0.25, -0.2) is 8.78 Å². The number of carbonyl (C=O) groups is 1. The van der Waals surface area contributed by atoms with Crippen molar-refractivity contribution in [2.45, 2.75) is 13.0 Å².